The van der Waals surface area contributed by atoms with Gasteiger partial charge in [0.05, 0.1) is 12.9 Å². The molecule has 1 aromatic rings. The summed E-state index contributed by atoms with van der Waals surface area (Å²) in [4.78, 5) is 10.8. The molecule has 0 fully saturated rings. The fraction of sp³-hybridized carbons (Fsp3) is 0.300. The number of rotatable bonds is 5. The molecule has 1 aromatic carbocycles. The van der Waals surface area contributed by atoms with Crippen molar-refractivity contribution in [2.24, 2.45) is 5.84 Å². The van der Waals surface area contributed by atoms with Crippen molar-refractivity contribution in [2.75, 3.05) is 12.9 Å². The van der Waals surface area contributed by atoms with Gasteiger partial charge in [0.1, 0.15) is 5.75 Å². The molecule has 1 rings (SSSR count). The van der Waals surface area contributed by atoms with Gasteiger partial charge in [-0.25, -0.2) is 5.84 Å². The Hall–Kier alpha value is -1.20. The molecule has 0 heterocycles. The van der Waals surface area contributed by atoms with Crippen LogP contribution in [0.1, 0.15) is 5.56 Å². The Morgan fingerprint density at radius 2 is 2.13 bits per heavy atom. The van der Waals surface area contributed by atoms with E-state index in [1.54, 1.807) is 7.11 Å². The highest BCUT2D eigenvalue weighted by atomic mass is 32.2. The standard InChI is InChI=1S/C10H14N2O2S/c1-14-9-4-2-8(3-5-9)6-15-7-10(13)12-11/h2-5H,6-7,11H2,1H3,(H,12,13). The summed E-state index contributed by atoms with van der Waals surface area (Å²) in [6.07, 6.45) is 0. The molecule has 15 heavy (non-hydrogen) atoms. The number of amides is 1. The highest BCUT2D eigenvalue weighted by Gasteiger charge is 1.99. The van der Waals surface area contributed by atoms with Crippen LogP contribution in [0.5, 0.6) is 5.75 Å². The van der Waals surface area contributed by atoms with Crippen LogP contribution in [0.15, 0.2) is 24.3 Å². The second-order valence-electron chi connectivity index (χ2n) is 2.91. The Labute approximate surface area is 93.1 Å². The topological polar surface area (TPSA) is 64.3 Å². The van der Waals surface area contributed by atoms with Gasteiger partial charge in [-0.15, -0.1) is 11.8 Å². The molecule has 0 spiro atoms. The number of nitrogens with two attached hydrogens (primary N) is 1. The minimum Gasteiger partial charge on any atom is -0.497 e. The van der Waals surface area contributed by atoms with Crippen molar-refractivity contribution < 1.29 is 9.53 Å². The average Bonchev–Trinajstić information content (AvgIpc) is 2.29. The molecular formula is C10H14N2O2S. The SMILES string of the molecule is COc1ccc(CSCC(=O)NN)cc1. The number of methoxy groups -OCH3 is 1. The summed E-state index contributed by atoms with van der Waals surface area (Å²) in [5.41, 5.74) is 3.25. The van der Waals surface area contributed by atoms with Gasteiger partial charge in [-0.1, -0.05) is 12.1 Å². The minimum atomic E-state index is -0.159. The van der Waals surface area contributed by atoms with E-state index in [1.165, 1.54) is 11.8 Å². The third-order valence-electron chi connectivity index (χ3n) is 1.82. The van der Waals surface area contributed by atoms with Gasteiger partial charge >= 0.3 is 0 Å². The molecule has 0 bridgehead atoms. The van der Waals surface area contributed by atoms with Crippen LogP contribution < -0.4 is 16.0 Å². The third kappa shape index (κ3) is 4.22. The summed E-state index contributed by atoms with van der Waals surface area (Å²) < 4.78 is 5.04. The summed E-state index contributed by atoms with van der Waals surface area (Å²) in [5.74, 6) is 6.80. The molecule has 0 aliphatic heterocycles. The molecule has 4 nitrogen and oxygen atoms in total. The molecular weight excluding hydrogens is 212 g/mol. The molecule has 0 aliphatic carbocycles. The van der Waals surface area contributed by atoms with E-state index in [1.807, 2.05) is 24.3 Å². The van der Waals surface area contributed by atoms with E-state index >= 15 is 0 Å². The van der Waals surface area contributed by atoms with Gasteiger partial charge in [0.2, 0.25) is 5.91 Å². The minimum absolute atomic E-state index is 0.159. The van der Waals surface area contributed by atoms with E-state index in [9.17, 15) is 4.79 Å². The predicted molar refractivity (Wildman–Crippen MR) is 61.5 cm³/mol. The molecule has 0 atom stereocenters. The van der Waals surface area contributed by atoms with Gasteiger partial charge in [-0.05, 0) is 17.7 Å². The summed E-state index contributed by atoms with van der Waals surface area (Å²) in [5, 5.41) is 0. The maximum Gasteiger partial charge on any atom is 0.243 e. The van der Waals surface area contributed by atoms with Crippen LogP contribution in [0.4, 0.5) is 0 Å². The maximum absolute atomic E-state index is 10.8. The number of hydrogen-bond donors (Lipinski definition) is 2. The van der Waals surface area contributed by atoms with Crippen molar-refractivity contribution in [1.82, 2.24) is 5.43 Å². The summed E-state index contributed by atoms with van der Waals surface area (Å²) in [7, 11) is 1.63. The fourth-order valence-electron chi connectivity index (χ4n) is 1.03. The lowest BCUT2D eigenvalue weighted by atomic mass is 10.2. The van der Waals surface area contributed by atoms with E-state index in [-0.39, 0.29) is 5.91 Å². The zero-order chi connectivity index (χ0) is 11.1. The van der Waals surface area contributed by atoms with E-state index in [2.05, 4.69) is 5.43 Å². The van der Waals surface area contributed by atoms with Crippen molar-refractivity contribution in [3.8, 4) is 5.75 Å². The Morgan fingerprint density at radius 1 is 1.47 bits per heavy atom. The van der Waals surface area contributed by atoms with Crippen LogP contribution in [0.3, 0.4) is 0 Å². The third-order valence-corrected chi connectivity index (χ3v) is 2.83. The van der Waals surface area contributed by atoms with Crippen molar-refractivity contribution in [2.45, 2.75) is 5.75 Å². The van der Waals surface area contributed by atoms with E-state index < -0.39 is 0 Å². The largest absolute Gasteiger partial charge is 0.497 e. The number of hydrogen-bond acceptors (Lipinski definition) is 4. The van der Waals surface area contributed by atoms with Gasteiger partial charge in [-0.2, -0.15) is 0 Å². The molecule has 1 amide bonds. The van der Waals surface area contributed by atoms with Crippen LogP contribution in [0.2, 0.25) is 0 Å². The normalized spacial score (nSPS) is 9.73. The van der Waals surface area contributed by atoms with Crippen LogP contribution >= 0.6 is 11.8 Å². The van der Waals surface area contributed by atoms with E-state index in [0.29, 0.717) is 5.75 Å². The van der Waals surface area contributed by atoms with Gasteiger partial charge in [0.25, 0.3) is 0 Å². The molecule has 0 aromatic heterocycles. The van der Waals surface area contributed by atoms with Crippen molar-refractivity contribution in [3.05, 3.63) is 29.8 Å². The number of ether oxygens (including phenoxy) is 1. The first kappa shape index (κ1) is 11.9. The lowest BCUT2D eigenvalue weighted by molar-refractivity contribution is -0.118. The Kier molecular flexibility index (Phi) is 5.00. The van der Waals surface area contributed by atoms with Gasteiger partial charge < -0.3 is 4.74 Å². The molecule has 5 heteroatoms. The zero-order valence-electron chi connectivity index (χ0n) is 8.53. The first-order valence-corrected chi connectivity index (χ1v) is 5.62. The summed E-state index contributed by atoms with van der Waals surface area (Å²) in [6.45, 7) is 0. The summed E-state index contributed by atoms with van der Waals surface area (Å²) >= 11 is 1.52. The van der Waals surface area contributed by atoms with Crippen LogP contribution in [0, 0.1) is 0 Å². The highest BCUT2D eigenvalue weighted by Crippen LogP contribution is 2.16. The van der Waals surface area contributed by atoms with Crippen molar-refractivity contribution in [1.29, 1.82) is 0 Å². The molecule has 3 N–H and O–H groups in total. The van der Waals surface area contributed by atoms with Crippen LogP contribution in [0.25, 0.3) is 0 Å². The molecule has 0 radical (unpaired) electrons. The second-order valence-corrected chi connectivity index (χ2v) is 3.89. The Morgan fingerprint density at radius 3 is 2.67 bits per heavy atom. The first-order chi connectivity index (χ1) is 7.26. The number of hydrazine groups is 1. The first-order valence-electron chi connectivity index (χ1n) is 4.46. The summed E-state index contributed by atoms with van der Waals surface area (Å²) in [6, 6.07) is 7.76. The molecule has 0 saturated carbocycles. The van der Waals surface area contributed by atoms with E-state index in [0.717, 1.165) is 17.1 Å². The predicted octanol–water partition coefficient (Wildman–Crippen LogP) is 0.918. The monoisotopic (exact) mass is 226 g/mol. The van der Waals surface area contributed by atoms with Crippen molar-refractivity contribution >= 4 is 17.7 Å². The van der Waals surface area contributed by atoms with Crippen molar-refractivity contribution in [3.63, 3.8) is 0 Å². The Bertz CT molecular complexity index is 314. The fourth-order valence-corrected chi connectivity index (χ4v) is 1.82. The van der Waals surface area contributed by atoms with Gasteiger partial charge in [-0.3, -0.25) is 10.2 Å². The highest BCUT2D eigenvalue weighted by molar-refractivity contribution is 7.99. The lowest BCUT2D eigenvalue weighted by Crippen LogP contribution is -2.31. The molecule has 0 aliphatic rings. The van der Waals surface area contributed by atoms with Gasteiger partial charge in [0, 0.05) is 5.75 Å². The number of thioether (sulfide) groups is 1. The lowest BCUT2D eigenvalue weighted by Gasteiger charge is -2.03. The smallest absolute Gasteiger partial charge is 0.243 e. The van der Waals surface area contributed by atoms with Crippen LogP contribution in [-0.4, -0.2) is 18.8 Å². The molecule has 0 unspecified atom stereocenters. The number of carbonyl (C=O) groups is 1. The van der Waals surface area contributed by atoms with E-state index in [4.69, 9.17) is 10.6 Å². The van der Waals surface area contributed by atoms with Gasteiger partial charge in [0.15, 0.2) is 0 Å². The number of nitrogens with one attached hydrogen (secondary N) is 1. The zero-order valence-corrected chi connectivity index (χ0v) is 9.34. The average molecular weight is 226 g/mol. The second kappa shape index (κ2) is 6.31. The number of carbonyl (C=O) groups excluding carboxylic acids is 1. The van der Waals surface area contributed by atoms with Crippen LogP contribution in [-0.2, 0) is 10.5 Å². The maximum atomic E-state index is 10.8. The Balaban J connectivity index is 2.34. The molecule has 82 valence electrons. The number of benzene rings is 1. The molecule has 0 saturated heterocycles. The quantitative estimate of drug-likeness (QED) is 0.445.